The van der Waals surface area contributed by atoms with E-state index >= 15 is 0 Å². The minimum Gasteiger partial charge on any atom is -0.307 e. The quantitative estimate of drug-likeness (QED) is 0.755. The lowest BCUT2D eigenvalue weighted by Crippen LogP contribution is -2.26. The summed E-state index contributed by atoms with van der Waals surface area (Å²) in [5, 5.41) is 8.78. The Balaban J connectivity index is 2.48. The van der Waals surface area contributed by atoms with E-state index in [9.17, 15) is 9.18 Å². The van der Waals surface area contributed by atoms with Gasteiger partial charge >= 0.3 is 0 Å². The van der Waals surface area contributed by atoms with E-state index in [0.717, 1.165) is 0 Å². The highest BCUT2D eigenvalue weighted by Crippen LogP contribution is 2.29. The van der Waals surface area contributed by atoms with Gasteiger partial charge in [0.15, 0.2) is 0 Å². The molecule has 2 rings (SSSR count). The van der Waals surface area contributed by atoms with Crippen LogP contribution in [0.5, 0.6) is 0 Å². The maximum absolute atomic E-state index is 13.6. The van der Waals surface area contributed by atoms with Gasteiger partial charge in [-0.1, -0.05) is 6.07 Å². The van der Waals surface area contributed by atoms with E-state index in [0.29, 0.717) is 6.54 Å². The lowest BCUT2D eigenvalue weighted by Gasteiger charge is -2.17. The molecule has 1 aromatic rings. The first-order valence-electron chi connectivity index (χ1n) is 4.80. The van der Waals surface area contributed by atoms with Crippen LogP contribution in [0.1, 0.15) is 12.0 Å². The molecule has 1 fully saturated rings. The van der Waals surface area contributed by atoms with Gasteiger partial charge in [-0.3, -0.25) is 4.79 Å². The molecule has 1 atom stereocenters. The van der Waals surface area contributed by atoms with Crippen molar-refractivity contribution in [1.82, 2.24) is 0 Å². The number of amides is 1. The molecule has 5 heteroatoms. The molecule has 0 spiro atoms. The van der Waals surface area contributed by atoms with Crippen molar-refractivity contribution < 1.29 is 9.18 Å². The first-order valence-corrected chi connectivity index (χ1v) is 5.32. The molecule has 0 saturated carbocycles. The fraction of sp³-hybridized carbons (Fsp3) is 0.273. The SMILES string of the molecule is N#Cc1cccc(F)c1N1CC(S)CC1=O. The van der Waals surface area contributed by atoms with Crippen LogP contribution in [0.2, 0.25) is 0 Å². The van der Waals surface area contributed by atoms with E-state index in [-0.39, 0.29) is 28.8 Å². The van der Waals surface area contributed by atoms with Crippen LogP contribution in [-0.2, 0) is 4.79 Å². The van der Waals surface area contributed by atoms with Crippen LogP contribution in [0.15, 0.2) is 18.2 Å². The standard InChI is InChI=1S/C11H9FN2OS/c12-9-3-1-2-7(5-13)11(9)14-6-8(16)4-10(14)15/h1-3,8,16H,4,6H2. The Bertz CT molecular complexity index is 483. The number of anilines is 1. The summed E-state index contributed by atoms with van der Waals surface area (Å²) in [6.07, 6.45) is 0.280. The summed E-state index contributed by atoms with van der Waals surface area (Å²) in [7, 11) is 0. The van der Waals surface area contributed by atoms with Crippen molar-refractivity contribution in [3.63, 3.8) is 0 Å². The van der Waals surface area contributed by atoms with Gasteiger partial charge in [-0.05, 0) is 12.1 Å². The second kappa shape index (κ2) is 4.14. The minimum atomic E-state index is -0.546. The number of rotatable bonds is 1. The third kappa shape index (κ3) is 1.76. The predicted octanol–water partition coefficient (Wildman–Crippen LogP) is 1.73. The van der Waals surface area contributed by atoms with Crippen LogP contribution < -0.4 is 4.90 Å². The summed E-state index contributed by atoms with van der Waals surface area (Å²) in [5.41, 5.74) is 0.252. The molecular formula is C11H9FN2OS. The lowest BCUT2D eigenvalue weighted by atomic mass is 10.1. The average Bonchev–Trinajstić information content (AvgIpc) is 2.57. The van der Waals surface area contributed by atoms with E-state index in [4.69, 9.17) is 5.26 Å². The number of carbonyl (C=O) groups is 1. The predicted molar refractivity (Wildman–Crippen MR) is 60.9 cm³/mol. The highest BCUT2D eigenvalue weighted by molar-refractivity contribution is 7.81. The van der Waals surface area contributed by atoms with E-state index in [1.807, 2.05) is 6.07 Å². The van der Waals surface area contributed by atoms with Crippen molar-refractivity contribution in [3.8, 4) is 6.07 Å². The number of hydrogen-bond acceptors (Lipinski definition) is 3. The summed E-state index contributed by atoms with van der Waals surface area (Å²) >= 11 is 4.19. The van der Waals surface area contributed by atoms with Gasteiger partial charge in [0.2, 0.25) is 5.91 Å². The van der Waals surface area contributed by atoms with Crippen LogP contribution in [0.4, 0.5) is 10.1 Å². The van der Waals surface area contributed by atoms with Crippen LogP contribution in [0, 0.1) is 17.1 Å². The Morgan fingerprint density at radius 1 is 1.56 bits per heavy atom. The number of thiol groups is 1. The number of nitriles is 1. The molecule has 0 bridgehead atoms. The third-order valence-corrected chi connectivity index (χ3v) is 2.83. The van der Waals surface area contributed by atoms with Crippen molar-refractivity contribution >= 4 is 24.2 Å². The Labute approximate surface area is 97.9 Å². The summed E-state index contributed by atoms with van der Waals surface area (Å²) in [5.74, 6) is -0.739. The van der Waals surface area contributed by atoms with Crippen molar-refractivity contribution in [2.24, 2.45) is 0 Å². The van der Waals surface area contributed by atoms with Gasteiger partial charge in [0.25, 0.3) is 0 Å². The van der Waals surface area contributed by atoms with Gasteiger partial charge in [0.05, 0.1) is 11.3 Å². The summed E-state index contributed by atoms with van der Waals surface area (Å²) < 4.78 is 13.6. The van der Waals surface area contributed by atoms with Gasteiger partial charge < -0.3 is 4.90 Å². The van der Waals surface area contributed by atoms with Gasteiger partial charge in [-0.15, -0.1) is 0 Å². The maximum Gasteiger partial charge on any atom is 0.228 e. The second-order valence-electron chi connectivity index (χ2n) is 3.61. The zero-order chi connectivity index (χ0) is 11.7. The molecule has 0 aromatic heterocycles. The molecule has 1 aromatic carbocycles. The van der Waals surface area contributed by atoms with Crippen LogP contribution in [0.3, 0.4) is 0 Å². The Morgan fingerprint density at radius 3 is 2.88 bits per heavy atom. The molecule has 3 nitrogen and oxygen atoms in total. The highest BCUT2D eigenvalue weighted by Gasteiger charge is 2.31. The van der Waals surface area contributed by atoms with E-state index in [1.54, 1.807) is 0 Å². The second-order valence-corrected chi connectivity index (χ2v) is 4.34. The monoisotopic (exact) mass is 236 g/mol. The van der Waals surface area contributed by atoms with Crippen LogP contribution in [0.25, 0.3) is 0 Å². The van der Waals surface area contributed by atoms with Gasteiger partial charge in [-0.25, -0.2) is 4.39 Å². The number of para-hydroxylation sites is 1. The van der Waals surface area contributed by atoms with Crippen molar-refractivity contribution in [1.29, 1.82) is 5.26 Å². The molecule has 1 amide bonds. The molecule has 0 aliphatic carbocycles. The van der Waals surface area contributed by atoms with Crippen LogP contribution in [-0.4, -0.2) is 17.7 Å². The molecule has 16 heavy (non-hydrogen) atoms. The van der Waals surface area contributed by atoms with Crippen molar-refractivity contribution in [3.05, 3.63) is 29.6 Å². The average molecular weight is 236 g/mol. The van der Waals surface area contributed by atoms with Gasteiger partial charge in [0.1, 0.15) is 11.9 Å². The fourth-order valence-corrected chi connectivity index (χ4v) is 2.10. The molecule has 0 radical (unpaired) electrons. The zero-order valence-corrected chi connectivity index (χ0v) is 9.25. The molecule has 1 aliphatic rings. The fourth-order valence-electron chi connectivity index (χ4n) is 1.78. The maximum atomic E-state index is 13.6. The first kappa shape index (κ1) is 11.0. The van der Waals surface area contributed by atoms with E-state index in [2.05, 4.69) is 12.6 Å². The molecular weight excluding hydrogens is 227 g/mol. The lowest BCUT2D eigenvalue weighted by molar-refractivity contribution is -0.117. The van der Waals surface area contributed by atoms with Crippen LogP contribution >= 0.6 is 12.6 Å². The van der Waals surface area contributed by atoms with Crippen molar-refractivity contribution in [2.45, 2.75) is 11.7 Å². The smallest absolute Gasteiger partial charge is 0.228 e. The molecule has 1 heterocycles. The Morgan fingerprint density at radius 2 is 2.31 bits per heavy atom. The molecule has 82 valence electrons. The normalized spacial score (nSPS) is 19.9. The Hall–Kier alpha value is -1.54. The van der Waals surface area contributed by atoms with E-state index in [1.165, 1.54) is 23.1 Å². The first-order chi connectivity index (χ1) is 7.63. The number of nitrogens with zero attached hydrogens (tertiary/aromatic N) is 2. The number of carbonyl (C=O) groups excluding carboxylic acids is 1. The summed E-state index contributed by atoms with van der Waals surface area (Å²) in [4.78, 5) is 12.9. The number of benzene rings is 1. The topological polar surface area (TPSA) is 44.1 Å². The summed E-state index contributed by atoms with van der Waals surface area (Å²) in [6.45, 7) is 0.345. The molecule has 1 saturated heterocycles. The zero-order valence-electron chi connectivity index (χ0n) is 8.35. The summed E-state index contributed by atoms with van der Waals surface area (Å²) in [6, 6.07) is 6.09. The Kier molecular flexibility index (Phi) is 2.84. The van der Waals surface area contributed by atoms with Gasteiger partial charge in [0, 0.05) is 18.2 Å². The minimum absolute atomic E-state index is 0.0755. The number of hydrogen-bond donors (Lipinski definition) is 1. The van der Waals surface area contributed by atoms with Gasteiger partial charge in [-0.2, -0.15) is 17.9 Å². The van der Waals surface area contributed by atoms with E-state index < -0.39 is 5.82 Å². The highest BCUT2D eigenvalue weighted by atomic mass is 32.1. The number of halogens is 1. The third-order valence-electron chi connectivity index (χ3n) is 2.48. The molecule has 0 N–H and O–H groups in total. The largest absolute Gasteiger partial charge is 0.307 e. The molecule has 1 unspecified atom stereocenters. The van der Waals surface area contributed by atoms with Crippen molar-refractivity contribution in [2.75, 3.05) is 11.4 Å². The molecule has 1 aliphatic heterocycles.